The number of nitrogens with two attached hydrogens (primary N) is 1. The van der Waals surface area contributed by atoms with Gasteiger partial charge in [0.15, 0.2) is 0 Å². The maximum Gasteiger partial charge on any atom is 0.227 e. The molecule has 3 N–H and O–H groups in total. The summed E-state index contributed by atoms with van der Waals surface area (Å²) >= 11 is 0. The molecule has 5 nitrogen and oxygen atoms in total. The third kappa shape index (κ3) is 3.51. The summed E-state index contributed by atoms with van der Waals surface area (Å²) in [6, 6.07) is -0.00891. The molecule has 0 radical (unpaired) electrons. The second kappa shape index (κ2) is 7.07. The number of nitrogens with zero attached hydrogens (tertiary/aromatic N) is 1. The van der Waals surface area contributed by atoms with Crippen molar-refractivity contribution in [2.75, 3.05) is 20.1 Å². The van der Waals surface area contributed by atoms with Crippen molar-refractivity contribution in [2.24, 2.45) is 17.6 Å². The molecule has 2 amide bonds. The summed E-state index contributed by atoms with van der Waals surface area (Å²) in [6.07, 6.45) is 7.04. The molecule has 0 aromatic rings. The van der Waals surface area contributed by atoms with Gasteiger partial charge in [0.25, 0.3) is 0 Å². The van der Waals surface area contributed by atoms with E-state index in [0.717, 1.165) is 45.1 Å². The quantitative estimate of drug-likeness (QED) is 0.738. The van der Waals surface area contributed by atoms with E-state index in [2.05, 4.69) is 5.32 Å². The minimum atomic E-state index is -0.0558. The van der Waals surface area contributed by atoms with E-state index in [1.54, 1.807) is 7.05 Å². The summed E-state index contributed by atoms with van der Waals surface area (Å²) in [5.41, 5.74) is 6.18. The lowest BCUT2D eigenvalue weighted by Crippen LogP contribution is -2.49. The van der Waals surface area contributed by atoms with Crippen LogP contribution in [0.1, 0.15) is 44.9 Å². The number of piperidine rings is 1. The van der Waals surface area contributed by atoms with Crippen molar-refractivity contribution >= 4 is 11.8 Å². The van der Waals surface area contributed by atoms with Crippen LogP contribution in [0.25, 0.3) is 0 Å². The highest BCUT2D eigenvalue weighted by Crippen LogP contribution is 2.26. The summed E-state index contributed by atoms with van der Waals surface area (Å²) in [7, 11) is 1.66. The number of amides is 2. The molecule has 3 atom stereocenters. The first-order valence-electron chi connectivity index (χ1n) is 7.89. The van der Waals surface area contributed by atoms with Crippen molar-refractivity contribution in [1.29, 1.82) is 0 Å². The van der Waals surface area contributed by atoms with E-state index in [-0.39, 0.29) is 29.7 Å². The maximum atomic E-state index is 12.7. The fourth-order valence-electron chi connectivity index (χ4n) is 3.47. The largest absolute Gasteiger partial charge is 0.359 e. The molecule has 2 rings (SSSR count). The van der Waals surface area contributed by atoms with Crippen LogP contribution in [0.5, 0.6) is 0 Å². The molecule has 0 spiro atoms. The van der Waals surface area contributed by atoms with Crippen LogP contribution >= 0.6 is 0 Å². The molecule has 0 aromatic carbocycles. The van der Waals surface area contributed by atoms with E-state index in [9.17, 15) is 9.59 Å². The number of rotatable bonds is 2. The smallest absolute Gasteiger partial charge is 0.227 e. The van der Waals surface area contributed by atoms with Gasteiger partial charge in [0.05, 0.1) is 11.8 Å². The van der Waals surface area contributed by atoms with Gasteiger partial charge >= 0.3 is 0 Å². The van der Waals surface area contributed by atoms with E-state index >= 15 is 0 Å². The molecule has 1 aliphatic heterocycles. The van der Waals surface area contributed by atoms with E-state index < -0.39 is 0 Å². The number of nitrogens with one attached hydrogen (secondary N) is 1. The van der Waals surface area contributed by atoms with Gasteiger partial charge in [-0.25, -0.2) is 0 Å². The maximum absolute atomic E-state index is 12.7. The Morgan fingerprint density at radius 2 is 1.85 bits per heavy atom. The van der Waals surface area contributed by atoms with Crippen molar-refractivity contribution in [1.82, 2.24) is 10.2 Å². The van der Waals surface area contributed by atoms with E-state index in [1.165, 1.54) is 6.42 Å². The molecule has 0 aromatic heterocycles. The first-order chi connectivity index (χ1) is 9.63. The second-order valence-electron chi connectivity index (χ2n) is 6.15. The fraction of sp³-hybridized carbons (Fsp3) is 0.867. The minimum Gasteiger partial charge on any atom is -0.359 e. The standard InChI is InChI=1S/C15H27N3O2/c1-17-14(19)11-6-5-9-18(10-11)15(20)12-7-3-2-4-8-13(12)16/h11-13H,2-10,16H2,1H3,(H,17,19). The Labute approximate surface area is 121 Å². The van der Waals surface area contributed by atoms with Gasteiger partial charge in [-0.05, 0) is 25.7 Å². The molecule has 1 saturated carbocycles. The lowest BCUT2D eigenvalue weighted by atomic mass is 9.91. The average Bonchev–Trinajstić information content (AvgIpc) is 2.70. The van der Waals surface area contributed by atoms with Crippen molar-refractivity contribution in [3.05, 3.63) is 0 Å². The topological polar surface area (TPSA) is 75.4 Å². The van der Waals surface area contributed by atoms with Gasteiger partial charge < -0.3 is 16.0 Å². The van der Waals surface area contributed by atoms with Crippen molar-refractivity contribution in [3.8, 4) is 0 Å². The Kier molecular flexibility index (Phi) is 5.40. The van der Waals surface area contributed by atoms with Gasteiger partial charge in [-0.3, -0.25) is 9.59 Å². The Balaban J connectivity index is 1.98. The molecule has 0 bridgehead atoms. The van der Waals surface area contributed by atoms with E-state index in [0.29, 0.717) is 6.54 Å². The van der Waals surface area contributed by atoms with Gasteiger partial charge in [0, 0.05) is 26.2 Å². The van der Waals surface area contributed by atoms with Gasteiger partial charge in [-0.1, -0.05) is 19.3 Å². The highest BCUT2D eigenvalue weighted by Gasteiger charge is 2.34. The molecule has 20 heavy (non-hydrogen) atoms. The zero-order valence-electron chi connectivity index (χ0n) is 12.4. The van der Waals surface area contributed by atoms with Crippen molar-refractivity contribution < 1.29 is 9.59 Å². The molecule has 1 heterocycles. The molecule has 1 aliphatic carbocycles. The third-order valence-electron chi connectivity index (χ3n) is 4.74. The number of hydrogen-bond donors (Lipinski definition) is 2. The molecule has 2 aliphatic rings. The van der Waals surface area contributed by atoms with Crippen LogP contribution in [-0.4, -0.2) is 42.9 Å². The molecule has 3 unspecified atom stereocenters. The van der Waals surface area contributed by atoms with E-state index in [1.807, 2.05) is 4.90 Å². The van der Waals surface area contributed by atoms with Crippen LogP contribution in [-0.2, 0) is 9.59 Å². The molecular formula is C15H27N3O2. The second-order valence-corrected chi connectivity index (χ2v) is 6.15. The monoisotopic (exact) mass is 281 g/mol. The first-order valence-corrected chi connectivity index (χ1v) is 7.89. The molecule has 5 heteroatoms. The predicted octanol–water partition coefficient (Wildman–Crippen LogP) is 0.879. The Morgan fingerprint density at radius 3 is 2.60 bits per heavy atom. The number of likely N-dealkylation sites (tertiary alicyclic amines) is 1. The van der Waals surface area contributed by atoms with Gasteiger partial charge in [0.2, 0.25) is 11.8 Å². The number of hydrogen-bond acceptors (Lipinski definition) is 3. The lowest BCUT2D eigenvalue weighted by Gasteiger charge is -2.35. The average molecular weight is 281 g/mol. The van der Waals surface area contributed by atoms with Gasteiger partial charge in [0.1, 0.15) is 0 Å². The number of carbonyl (C=O) groups is 2. The highest BCUT2D eigenvalue weighted by atomic mass is 16.2. The molecule has 1 saturated heterocycles. The van der Waals surface area contributed by atoms with Crippen LogP contribution in [0.2, 0.25) is 0 Å². The Hall–Kier alpha value is -1.10. The Bertz CT molecular complexity index is 359. The van der Waals surface area contributed by atoms with Gasteiger partial charge in [-0.2, -0.15) is 0 Å². The van der Waals surface area contributed by atoms with Crippen LogP contribution in [0, 0.1) is 11.8 Å². The molecule has 114 valence electrons. The van der Waals surface area contributed by atoms with E-state index in [4.69, 9.17) is 5.73 Å². The Morgan fingerprint density at radius 1 is 1.10 bits per heavy atom. The highest BCUT2D eigenvalue weighted by molar-refractivity contribution is 5.82. The van der Waals surface area contributed by atoms with Crippen LogP contribution in [0.4, 0.5) is 0 Å². The zero-order valence-corrected chi connectivity index (χ0v) is 12.4. The summed E-state index contributed by atoms with van der Waals surface area (Å²) in [5.74, 6) is 0.126. The normalized spacial score (nSPS) is 31.5. The predicted molar refractivity (Wildman–Crippen MR) is 77.9 cm³/mol. The summed E-state index contributed by atoms with van der Waals surface area (Å²) in [5, 5.41) is 2.69. The minimum absolute atomic E-state index is 0.00891. The van der Waals surface area contributed by atoms with Crippen LogP contribution in [0.15, 0.2) is 0 Å². The molecular weight excluding hydrogens is 254 g/mol. The number of carbonyl (C=O) groups excluding carboxylic acids is 2. The summed E-state index contributed by atoms with van der Waals surface area (Å²) in [4.78, 5) is 26.3. The lowest BCUT2D eigenvalue weighted by molar-refractivity contribution is -0.140. The van der Waals surface area contributed by atoms with Crippen LogP contribution in [0.3, 0.4) is 0 Å². The zero-order chi connectivity index (χ0) is 14.5. The summed E-state index contributed by atoms with van der Waals surface area (Å²) in [6.45, 7) is 1.33. The van der Waals surface area contributed by atoms with Crippen LogP contribution < -0.4 is 11.1 Å². The first kappa shape index (κ1) is 15.3. The SMILES string of the molecule is CNC(=O)C1CCCN(C(=O)C2CCCCCC2N)C1. The third-order valence-corrected chi connectivity index (χ3v) is 4.74. The van der Waals surface area contributed by atoms with Crippen molar-refractivity contribution in [2.45, 2.75) is 51.0 Å². The fourth-order valence-corrected chi connectivity index (χ4v) is 3.47. The van der Waals surface area contributed by atoms with Crippen molar-refractivity contribution in [3.63, 3.8) is 0 Å². The van der Waals surface area contributed by atoms with Gasteiger partial charge in [-0.15, -0.1) is 0 Å². The summed E-state index contributed by atoms with van der Waals surface area (Å²) < 4.78 is 0. The molecule has 2 fully saturated rings.